The molecule has 0 saturated heterocycles. The standard InChI is InChI=1S/C6H11NO2S/c1-2-3-10-4-5(7)6(8)9/h2,5H,1,3-4,7H2,(H,8,9)/t5-/m1/s1. The molecule has 0 aromatic heterocycles. The molecule has 0 aliphatic heterocycles. The highest BCUT2D eigenvalue weighted by molar-refractivity contribution is 7.99. The van der Waals surface area contributed by atoms with E-state index in [1.807, 2.05) is 0 Å². The maximum absolute atomic E-state index is 10.1. The Morgan fingerprint density at radius 2 is 2.50 bits per heavy atom. The van der Waals surface area contributed by atoms with Crippen LogP contribution in [0.25, 0.3) is 0 Å². The second kappa shape index (κ2) is 5.32. The molecule has 0 radical (unpaired) electrons. The second-order valence-corrected chi connectivity index (χ2v) is 2.85. The third kappa shape index (κ3) is 4.40. The molecule has 1 atom stereocenters. The van der Waals surface area contributed by atoms with Crippen LogP contribution in [-0.2, 0) is 4.79 Å². The summed E-state index contributed by atoms with van der Waals surface area (Å²) in [7, 11) is 0. The van der Waals surface area contributed by atoms with Gasteiger partial charge in [0.25, 0.3) is 0 Å². The Balaban J connectivity index is 3.30. The number of carboxylic acids is 1. The van der Waals surface area contributed by atoms with E-state index < -0.39 is 12.0 Å². The molecule has 0 unspecified atom stereocenters. The average molecular weight is 161 g/mol. The molecular weight excluding hydrogens is 150 g/mol. The Morgan fingerprint density at radius 1 is 1.90 bits per heavy atom. The first kappa shape index (κ1) is 9.52. The highest BCUT2D eigenvalue weighted by Crippen LogP contribution is 2.00. The Labute approximate surface area is 64.3 Å². The molecule has 3 N–H and O–H groups in total. The quantitative estimate of drug-likeness (QED) is 0.450. The van der Waals surface area contributed by atoms with Crippen LogP contribution < -0.4 is 5.73 Å². The number of carboxylic acid groups (broad SMARTS) is 1. The molecular formula is C6H11NO2S. The molecule has 3 nitrogen and oxygen atoms in total. The van der Waals surface area contributed by atoms with Crippen LogP contribution >= 0.6 is 11.8 Å². The van der Waals surface area contributed by atoms with Crippen molar-refractivity contribution in [1.29, 1.82) is 0 Å². The second-order valence-electron chi connectivity index (χ2n) is 1.77. The van der Waals surface area contributed by atoms with Crippen LogP contribution in [0.1, 0.15) is 0 Å². The lowest BCUT2D eigenvalue weighted by Gasteiger charge is -2.02. The SMILES string of the molecule is C=CCSC[C@@H](N)C(=O)O. The summed E-state index contributed by atoms with van der Waals surface area (Å²) in [6.07, 6.45) is 1.72. The van der Waals surface area contributed by atoms with E-state index in [0.717, 1.165) is 5.75 Å². The molecule has 0 amide bonds. The summed E-state index contributed by atoms with van der Waals surface area (Å²) in [5.74, 6) is 0.249. The zero-order chi connectivity index (χ0) is 7.98. The molecule has 0 aliphatic rings. The van der Waals surface area contributed by atoms with Crippen LogP contribution in [0.3, 0.4) is 0 Å². The number of thioether (sulfide) groups is 1. The van der Waals surface area contributed by atoms with Gasteiger partial charge in [-0.25, -0.2) is 0 Å². The fourth-order valence-corrected chi connectivity index (χ4v) is 1.05. The third-order valence-corrected chi connectivity index (χ3v) is 1.92. The van der Waals surface area contributed by atoms with Crippen LogP contribution in [0.15, 0.2) is 12.7 Å². The fourth-order valence-electron chi connectivity index (χ4n) is 0.350. The van der Waals surface area contributed by atoms with Gasteiger partial charge in [0.15, 0.2) is 0 Å². The molecule has 0 fully saturated rings. The van der Waals surface area contributed by atoms with Gasteiger partial charge in [0.1, 0.15) is 6.04 Å². The predicted octanol–water partition coefficient (Wildman–Crippen LogP) is 0.317. The van der Waals surface area contributed by atoms with Crippen LogP contribution in [0, 0.1) is 0 Å². The van der Waals surface area contributed by atoms with Crippen LogP contribution in [0.5, 0.6) is 0 Å². The molecule has 4 heteroatoms. The molecule has 0 rings (SSSR count). The van der Waals surface area contributed by atoms with Gasteiger partial charge in [-0.2, -0.15) is 11.8 Å². The van der Waals surface area contributed by atoms with E-state index in [9.17, 15) is 4.79 Å². The Hall–Kier alpha value is -0.480. The van der Waals surface area contributed by atoms with Crippen molar-refractivity contribution < 1.29 is 9.90 Å². The van der Waals surface area contributed by atoms with E-state index in [-0.39, 0.29) is 0 Å². The highest BCUT2D eigenvalue weighted by Gasteiger charge is 2.09. The Bertz CT molecular complexity index is 127. The molecule has 0 aromatic rings. The monoisotopic (exact) mass is 161 g/mol. The lowest BCUT2D eigenvalue weighted by Crippen LogP contribution is -2.32. The average Bonchev–Trinajstić information content (AvgIpc) is 1.88. The molecule has 58 valence electrons. The van der Waals surface area contributed by atoms with Gasteiger partial charge in [-0.05, 0) is 0 Å². The maximum Gasteiger partial charge on any atom is 0.321 e. The minimum absolute atomic E-state index is 0.446. The highest BCUT2D eigenvalue weighted by atomic mass is 32.2. The lowest BCUT2D eigenvalue weighted by atomic mass is 10.4. The number of hydrogen-bond donors (Lipinski definition) is 2. The minimum atomic E-state index is -0.948. The first-order valence-corrected chi connectivity index (χ1v) is 4.01. The van der Waals surface area contributed by atoms with Crippen molar-refractivity contribution in [2.75, 3.05) is 11.5 Å². The van der Waals surface area contributed by atoms with Crippen molar-refractivity contribution in [2.24, 2.45) is 5.73 Å². The zero-order valence-electron chi connectivity index (χ0n) is 5.62. The minimum Gasteiger partial charge on any atom is -0.480 e. The predicted molar refractivity (Wildman–Crippen MR) is 43.1 cm³/mol. The number of hydrogen-bond acceptors (Lipinski definition) is 3. The molecule has 0 spiro atoms. The summed E-state index contributed by atoms with van der Waals surface area (Å²) in [6.45, 7) is 3.49. The van der Waals surface area contributed by atoms with E-state index in [0.29, 0.717) is 5.75 Å². The number of rotatable bonds is 5. The Kier molecular flexibility index (Phi) is 5.06. The van der Waals surface area contributed by atoms with Gasteiger partial charge < -0.3 is 10.8 Å². The van der Waals surface area contributed by atoms with Crippen LogP contribution in [0.2, 0.25) is 0 Å². The van der Waals surface area contributed by atoms with Gasteiger partial charge in [0.05, 0.1) is 0 Å². The normalized spacial score (nSPS) is 12.5. The summed E-state index contributed by atoms with van der Waals surface area (Å²) in [5.41, 5.74) is 5.20. The molecule has 10 heavy (non-hydrogen) atoms. The first-order chi connectivity index (χ1) is 4.68. The van der Waals surface area contributed by atoms with Crippen molar-refractivity contribution in [3.63, 3.8) is 0 Å². The van der Waals surface area contributed by atoms with Crippen molar-refractivity contribution in [1.82, 2.24) is 0 Å². The topological polar surface area (TPSA) is 63.3 Å². The van der Waals surface area contributed by atoms with Gasteiger partial charge >= 0.3 is 5.97 Å². The van der Waals surface area contributed by atoms with Gasteiger partial charge in [0, 0.05) is 11.5 Å². The van der Waals surface area contributed by atoms with Gasteiger partial charge in [0.2, 0.25) is 0 Å². The number of carbonyl (C=O) groups is 1. The summed E-state index contributed by atoms with van der Waals surface area (Å²) in [5, 5.41) is 8.32. The summed E-state index contributed by atoms with van der Waals surface area (Å²) < 4.78 is 0. The van der Waals surface area contributed by atoms with Crippen LogP contribution in [0.4, 0.5) is 0 Å². The largest absolute Gasteiger partial charge is 0.480 e. The number of aliphatic carboxylic acids is 1. The van der Waals surface area contributed by atoms with Gasteiger partial charge in [-0.1, -0.05) is 6.08 Å². The maximum atomic E-state index is 10.1. The Morgan fingerprint density at radius 3 is 2.90 bits per heavy atom. The summed E-state index contributed by atoms with van der Waals surface area (Å²) >= 11 is 1.47. The van der Waals surface area contributed by atoms with Crippen molar-refractivity contribution in [2.45, 2.75) is 6.04 Å². The summed E-state index contributed by atoms with van der Waals surface area (Å²) in [4.78, 5) is 10.1. The third-order valence-electron chi connectivity index (χ3n) is 0.850. The fraction of sp³-hybridized carbons (Fsp3) is 0.500. The van der Waals surface area contributed by atoms with Crippen molar-refractivity contribution in [3.05, 3.63) is 12.7 Å². The zero-order valence-corrected chi connectivity index (χ0v) is 6.43. The van der Waals surface area contributed by atoms with E-state index in [1.54, 1.807) is 6.08 Å². The van der Waals surface area contributed by atoms with Gasteiger partial charge in [-0.15, -0.1) is 6.58 Å². The molecule has 0 saturated carbocycles. The summed E-state index contributed by atoms with van der Waals surface area (Å²) in [6, 6.07) is -0.745. The van der Waals surface area contributed by atoms with Crippen molar-refractivity contribution >= 4 is 17.7 Å². The van der Waals surface area contributed by atoms with E-state index in [1.165, 1.54) is 11.8 Å². The number of nitrogens with two attached hydrogens (primary N) is 1. The molecule has 0 aliphatic carbocycles. The lowest BCUT2D eigenvalue weighted by molar-refractivity contribution is -0.137. The first-order valence-electron chi connectivity index (χ1n) is 2.85. The molecule has 0 heterocycles. The van der Waals surface area contributed by atoms with E-state index in [2.05, 4.69) is 6.58 Å². The molecule has 0 bridgehead atoms. The van der Waals surface area contributed by atoms with E-state index in [4.69, 9.17) is 10.8 Å². The van der Waals surface area contributed by atoms with Crippen LogP contribution in [-0.4, -0.2) is 28.6 Å². The molecule has 0 aromatic carbocycles. The van der Waals surface area contributed by atoms with Crippen molar-refractivity contribution in [3.8, 4) is 0 Å². The smallest absolute Gasteiger partial charge is 0.321 e. The van der Waals surface area contributed by atoms with E-state index >= 15 is 0 Å². The van der Waals surface area contributed by atoms with Gasteiger partial charge in [-0.3, -0.25) is 4.79 Å².